The van der Waals surface area contributed by atoms with Crippen LogP contribution in [0.25, 0.3) is 0 Å². The van der Waals surface area contributed by atoms with Crippen LogP contribution in [-0.4, -0.2) is 23.2 Å². The largest absolute Gasteiger partial charge is 0.481 e. The van der Waals surface area contributed by atoms with Crippen molar-refractivity contribution in [1.29, 1.82) is 0 Å². The molecular weight excluding hydrogens is 238 g/mol. The topological polar surface area (TPSA) is 40.5 Å². The predicted octanol–water partition coefficient (Wildman–Crippen LogP) is 3.14. The lowest BCUT2D eigenvalue weighted by molar-refractivity contribution is -0.142. The summed E-state index contributed by atoms with van der Waals surface area (Å²) < 4.78 is 0. The number of anilines is 1. The van der Waals surface area contributed by atoms with Crippen molar-refractivity contribution in [2.75, 3.05) is 4.90 Å². The van der Waals surface area contributed by atoms with E-state index in [4.69, 9.17) is 0 Å². The quantitative estimate of drug-likeness (QED) is 0.887. The molecule has 0 amide bonds. The molecule has 1 N–H and O–H groups in total. The Morgan fingerprint density at radius 3 is 2.32 bits per heavy atom. The van der Waals surface area contributed by atoms with Gasteiger partial charge >= 0.3 is 5.97 Å². The highest BCUT2D eigenvalue weighted by Crippen LogP contribution is 2.42. The van der Waals surface area contributed by atoms with Crippen LogP contribution in [-0.2, 0) is 4.79 Å². The van der Waals surface area contributed by atoms with Gasteiger partial charge in [-0.2, -0.15) is 0 Å². The van der Waals surface area contributed by atoms with Crippen LogP contribution in [0, 0.1) is 19.8 Å². The first-order valence-electron chi connectivity index (χ1n) is 7.14. The van der Waals surface area contributed by atoms with E-state index < -0.39 is 5.97 Å². The minimum Gasteiger partial charge on any atom is -0.481 e. The lowest BCUT2D eigenvalue weighted by atomic mass is 9.90. The molecule has 0 aliphatic carbocycles. The third-order valence-corrected chi connectivity index (χ3v) is 4.87. The molecule has 1 aromatic carbocycles. The average molecular weight is 259 g/mol. The normalized spacial score (nSPS) is 29.6. The molecule has 19 heavy (non-hydrogen) atoms. The maximum atomic E-state index is 11.2. The summed E-state index contributed by atoms with van der Waals surface area (Å²) in [5.41, 5.74) is 3.91. The summed E-state index contributed by atoms with van der Waals surface area (Å²) in [5.74, 6) is -0.753. The number of aryl methyl sites for hydroxylation is 2. The molecule has 0 radical (unpaired) electrons. The summed E-state index contributed by atoms with van der Waals surface area (Å²) in [4.78, 5) is 13.7. The fourth-order valence-electron chi connectivity index (χ4n) is 3.69. The standard InChI is InChI=1S/C16H21NO2/c1-10-3-4-13(7-11(10)2)17-14-5-6-15(17)9-12(8-14)16(18)19/h3-4,7,12,14-15H,5-6,8-9H2,1-2H3,(H,18,19). The first-order valence-corrected chi connectivity index (χ1v) is 7.14. The van der Waals surface area contributed by atoms with Gasteiger partial charge in [0.15, 0.2) is 0 Å². The number of rotatable bonds is 2. The number of piperidine rings is 1. The molecule has 3 heteroatoms. The molecule has 102 valence electrons. The van der Waals surface area contributed by atoms with Crippen molar-refractivity contribution < 1.29 is 9.90 Å². The molecule has 3 nitrogen and oxygen atoms in total. The lowest BCUT2D eigenvalue weighted by Gasteiger charge is -2.39. The van der Waals surface area contributed by atoms with E-state index in [9.17, 15) is 9.90 Å². The monoisotopic (exact) mass is 259 g/mol. The zero-order valence-electron chi connectivity index (χ0n) is 11.6. The van der Waals surface area contributed by atoms with Crippen LogP contribution in [0.1, 0.15) is 36.8 Å². The number of benzene rings is 1. The molecule has 1 aromatic rings. The van der Waals surface area contributed by atoms with Crippen LogP contribution < -0.4 is 4.90 Å². The number of hydrogen-bond donors (Lipinski definition) is 1. The Morgan fingerprint density at radius 1 is 1.16 bits per heavy atom. The summed E-state index contributed by atoms with van der Waals surface area (Å²) in [7, 11) is 0. The molecule has 2 bridgehead atoms. The van der Waals surface area contributed by atoms with Gasteiger partial charge in [0.2, 0.25) is 0 Å². The Balaban J connectivity index is 1.87. The first kappa shape index (κ1) is 12.5. The van der Waals surface area contributed by atoms with E-state index in [1.165, 1.54) is 16.8 Å². The van der Waals surface area contributed by atoms with Gasteiger partial charge < -0.3 is 10.0 Å². The van der Waals surface area contributed by atoms with Gasteiger partial charge in [-0.15, -0.1) is 0 Å². The molecular formula is C16H21NO2. The van der Waals surface area contributed by atoms with Crippen LogP contribution in [0.5, 0.6) is 0 Å². The smallest absolute Gasteiger partial charge is 0.306 e. The highest BCUT2D eigenvalue weighted by atomic mass is 16.4. The van der Waals surface area contributed by atoms with E-state index in [0.29, 0.717) is 12.1 Å². The van der Waals surface area contributed by atoms with Crippen LogP contribution in [0.3, 0.4) is 0 Å². The Hall–Kier alpha value is -1.51. The highest BCUT2D eigenvalue weighted by molar-refractivity contribution is 5.71. The van der Waals surface area contributed by atoms with E-state index in [2.05, 4.69) is 36.9 Å². The van der Waals surface area contributed by atoms with Crippen molar-refractivity contribution >= 4 is 11.7 Å². The van der Waals surface area contributed by atoms with Crippen LogP contribution in [0.15, 0.2) is 18.2 Å². The van der Waals surface area contributed by atoms with Gasteiger partial charge in [-0.3, -0.25) is 4.79 Å². The second kappa shape index (κ2) is 4.55. The number of aliphatic carboxylic acids is 1. The molecule has 0 aromatic heterocycles. The zero-order chi connectivity index (χ0) is 13.6. The Morgan fingerprint density at radius 2 is 1.79 bits per heavy atom. The summed E-state index contributed by atoms with van der Waals surface area (Å²) in [6, 6.07) is 7.45. The number of nitrogens with zero attached hydrogens (tertiary/aromatic N) is 1. The summed E-state index contributed by atoms with van der Waals surface area (Å²) in [6.45, 7) is 4.27. The Bertz CT molecular complexity index is 497. The van der Waals surface area contributed by atoms with Gasteiger partial charge in [0, 0.05) is 17.8 Å². The molecule has 2 saturated heterocycles. The maximum Gasteiger partial charge on any atom is 0.306 e. The maximum absolute atomic E-state index is 11.2. The van der Waals surface area contributed by atoms with Crippen LogP contribution in [0.4, 0.5) is 5.69 Å². The average Bonchev–Trinajstić information content (AvgIpc) is 2.63. The summed E-state index contributed by atoms with van der Waals surface area (Å²) in [6.07, 6.45) is 3.89. The predicted molar refractivity (Wildman–Crippen MR) is 75.6 cm³/mol. The second-order valence-corrected chi connectivity index (χ2v) is 6.07. The molecule has 2 aliphatic heterocycles. The number of carboxylic acids is 1. The van der Waals surface area contributed by atoms with E-state index in [-0.39, 0.29) is 5.92 Å². The fourth-order valence-corrected chi connectivity index (χ4v) is 3.69. The van der Waals surface area contributed by atoms with Gasteiger partial charge in [-0.05, 0) is 62.8 Å². The first-order chi connectivity index (χ1) is 9.06. The van der Waals surface area contributed by atoms with Gasteiger partial charge in [-0.25, -0.2) is 0 Å². The number of carbonyl (C=O) groups is 1. The van der Waals surface area contributed by atoms with Crippen molar-refractivity contribution in [3.63, 3.8) is 0 Å². The van der Waals surface area contributed by atoms with Crippen molar-refractivity contribution in [2.24, 2.45) is 5.92 Å². The second-order valence-electron chi connectivity index (χ2n) is 6.07. The third-order valence-electron chi connectivity index (χ3n) is 4.87. The van der Waals surface area contributed by atoms with Crippen molar-refractivity contribution in [2.45, 2.75) is 51.6 Å². The Labute approximate surface area is 114 Å². The zero-order valence-corrected chi connectivity index (χ0v) is 11.6. The van der Waals surface area contributed by atoms with E-state index in [1.54, 1.807) is 0 Å². The Kier molecular flexibility index (Phi) is 3.00. The van der Waals surface area contributed by atoms with E-state index in [1.807, 2.05) is 0 Å². The van der Waals surface area contributed by atoms with Gasteiger partial charge in [-0.1, -0.05) is 6.07 Å². The van der Waals surface area contributed by atoms with Crippen LogP contribution in [0.2, 0.25) is 0 Å². The summed E-state index contributed by atoms with van der Waals surface area (Å²) >= 11 is 0. The van der Waals surface area contributed by atoms with Gasteiger partial charge in [0.25, 0.3) is 0 Å². The van der Waals surface area contributed by atoms with Crippen molar-refractivity contribution in [1.82, 2.24) is 0 Å². The molecule has 2 unspecified atom stereocenters. The molecule has 0 saturated carbocycles. The molecule has 3 rings (SSSR count). The third kappa shape index (κ3) is 2.11. The van der Waals surface area contributed by atoms with E-state index in [0.717, 1.165) is 25.7 Å². The minimum atomic E-state index is -0.614. The molecule has 2 aliphatic rings. The van der Waals surface area contributed by atoms with Crippen LogP contribution >= 0.6 is 0 Å². The number of carboxylic acid groups (broad SMARTS) is 1. The SMILES string of the molecule is Cc1ccc(N2C3CCC2CC(C(=O)O)C3)cc1C. The number of fused-ring (bicyclic) bond motifs is 2. The highest BCUT2D eigenvalue weighted by Gasteiger charge is 2.42. The molecule has 2 atom stereocenters. The fraction of sp³-hybridized carbons (Fsp3) is 0.562. The minimum absolute atomic E-state index is 0.139. The lowest BCUT2D eigenvalue weighted by Crippen LogP contribution is -2.44. The van der Waals surface area contributed by atoms with E-state index >= 15 is 0 Å². The van der Waals surface area contributed by atoms with Crippen molar-refractivity contribution in [3.8, 4) is 0 Å². The molecule has 0 spiro atoms. The van der Waals surface area contributed by atoms with Crippen molar-refractivity contribution in [3.05, 3.63) is 29.3 Å². The van der Waals surface area contributed by atoms with Gasteiger partial charge in [0.05, 0.1) is 5.92 Å². The molecule has 2 heterocycles. The summed E-state index contributed by atoms with van der Waals surface area (Å²) in [5, 5.41) is 9.22. The number of hydrogen-bond acceptors (Lipinski definition) is 2. The van der Waals surface area contributed by atoms with Gasteiger partial charge in [0.1, 0.15) is 0 Å². The molecule has 2 fully saturated rings.